The highest BCUT2D eigenvalue weighted by Gasteiger charge is 2.29. The Labute approximate surface area is 147 Å². The van der Waals surface area contributed by atoms with Crippen LogP contribution in [0.2, 0.25) is 0 Å². The molecule has 0 bridgehead atoms. The van der Waals surface area contributed by atoms with Gasteiger partial charge in [-0.3, -0.25) is 9.59 Å². The van der Waals surface area contributed by atoms with Crippen LogP contribution < -0.4 is 10.1 Å². The molecular weight excluding hydrogens is 318 g/mol. The number of ether oxygens (including phenoxy) is 1. The zero-order valence-electron chi connectivity index (χ0n) is 14.9. The van der Waals surface area contributed by atoms with Crippen molar-refractivity contribution in [3.05, 3.63) is 59.7 Å². The molecule has 5 heteroatoms. The van der Waals surface area contributed by atoms with E-state index < -0.39 is 17.5 Å². The first-order chi connectivity index (χ1) is 11.7. The van der Waals surface area contributed by atoms with Gasteiger partial charge in [0.25, 0.3) is 5.91 Å². The van der Waals surface area contributed by atoms with Crippen LogP contribution in [0.3, 0.4) is 0 Å². The topological polar surface area (TPSA) is 75.6 Å². The first kappa shape index (κ1) is 18.5. The van der Waals surface area contributed by atoms with Crippen molar-refractivity contribution in [3.8, 4) is 5.75 Å². The van der Waals surface area contributed by atoms with Crippen molar-refractivity contribution >= 4 is 17.6 Å². The molecule has 2 aromatic carbocycles. The predicted molar refractivity (Wildman–Crippen MR) is 97.0 cm³/mol. The number of hydrogen-bond acceptors (Lipinski definition) is 3. The maximum Gasteiger partial charge on any atom is 0.313 e. The number of anilines is 1. The average molecular weight is 341 g/mol. The molecule has 0 radical (unpaired) electrons. The van der Waals surface area contributed by atoms with E-state index in [1.54, 1.807) is 51.1 Å². The Morgan fingerprint density at radius 3 is 2.32 bits per heavy atom. The number of carboxylic acid groups (broad SMARTS) is 1. The summed E-state index contributed by atoms with van der Waals surface area (Å²) in [6, 6.07) is 14.3. The molecule has 0 saturated carbocycles. The van der Waals surface area contributed by atoms with Crippen LogP contribution in [-0.2, 0) is 15.0 Å². The Morgan fingerprint density at radius 2 is 1.76 bits per heavy atom. The number of hydrogen-bond donors (Lipinski definition) is 2. The van der Waals surface area contributed by atoms with Gasteiger partial charge in [-0.25, -0.2) is 0 Å². The zero-order valence-corrected chi connectivity index (χ0v) is 14.9. The number of carbonyl (C=O) groups is 2. The van der Waals surface area contributed by atoms with Crippen molar-refractivity contribution < 1.29 is 19.4 Å². The van der Waals surface area contributed by atoms with Gasteiger partial charge in [0.05, 0.1) is 5.41 Å². The van der Waals surface area contributed by atoms with E-state index in [1.165, 1.54) is 0 Å². The maximum atomic E-state index is 12.3. The molecule has 1 atom stereocenters. The van der Waals surface area contributed by atoms with Gasteiger partial charge in [-0.05, 0) is 63.1 Å². The Kier molecular flexibility index (Phi) is 5.47. The molecule has 1 amide bonds. The molecule has 132 valence electrons. The molecule has 1 unspecified atom stereocenters. The van der Waals surface area contributed by atoms with Gasteiger partial charge in [0.2, 0.25) is 0 Å². The molecule has 0 aliphatic rings. The molecule has 0 fully saturated rings. The van der Waals surface area contributed by atoms with Gasteiger partial charge in [0.15, 0.2) is 6.10 Å². The Balaban J connectivity index is 2.01. The third kappa shape index (κ3) is 4.59. The number of nitrogens with one attached hydrogen (secondary N) is 1. The highest BCUT2D eigenvalue weighted by atomic mass is 16.5. The van der Waals surface area contributed by atoms with Crippen LogP contribution in [0.1, 0.15) is 31.9 Å². The quantitative estimate of drug-likeness (QED) is 0.839. The van der Waals surface area contributed by atoms with Crippen LogP contribution >= 0.6 is 0 Å². The second kappa shape index (κ2) is 7.38. The van der Waals surface area contributed by atoms with Crippen LogP contribution in [0.5, 0.6) is 5.75 Å². The summed E-state index contributed by atoms with van der Waals surface area (Å²) in [6.07, 6.45) is -0.656. The standard InChI is InChI=1S/C20H23NO4/c1-13-6-5-7-17(12-13)25-14(2)18(22)21-16-10-8-15(9-11-16)20(3,4)19(23)24/h5-12,14H,1-4H3,(H,21,22)(H,23,24). The molecule has 0 aliphatic heterocycles. The van der Waals surface area contributed by atoms with Crippen molar-refractivity contribution in [1.82, 2.24) is 0 Å². The summed E-state index contributed by atoms with van der Waals surface area (Å²) in [7, 11) is 0. The Hall–Kier alpha value is -2.82. The molecule has 0 heterocycles. The number of amides is 1. The second-order valence-corrected chi connectivity index (χ2v) is 6.57. The van der Waals surface area contributed by atoms with Crippen molar-refractivity contribution in [1.29, 1.82) is 0 Å². The molecule has 5 nitrogen and oxygen atoms in total. The molecule has 0 spiro atoms. The van der Waals surface area contributed by atoms with Crippen LogP contribution in [0.4, 0.5) is 5.69 Å². The number of carboxylic acids is 1. The molecule has 25 heavy (non-hydrogen) atoms. The van der Waals surface area contributed by atoms with E-state index in [-0.39, 0.29) is 5.91 Å². The number of rotatable bonds is 6. The molecular formula is C20H23NO4. The summed E-state index contributed by atoms with van der Waals surface area (Å²) in [5, 5.41) is 12.0. The van der Waals surface area contributed by atoms with E-state index in [0.29, 0.717) is 17.0 Å². The maximum absolute atomic E-state index is 12.3. The minimum absolute atomic E-state index is 0.272. The lowest BCUT2D eigenvalue weighted by atomic mass is 9.85. The van der Waals surface area contributed by atoms with E-state index in [0.717, 1.165) is 5.56 Å². The fourth-order valence-corrected chi connectivity index (χ4v) is 2.28. The fourth-order valence-electron chi connectivity index (χ4n) is 2.28. The summed E-state index contributed by atoms with van der Waals surface area (Å²) < 4.78 is 5.65. The van der Waals surface area contributed by atoms with Gasteiger partial charge in [-0.2, -0.15) is 0 Å². The van der Waals surface area contributed by atoms with Crippen LogP contribution in [0, 0.1) is 6.92 Å². The first-order valence-electron chi connectivity index (χ1n) is 8.08. The van der Waals surface area contributed by atoms with Crippen LogP contribution in [0.25, 0.3) is 0 Å². The molecule has 2 aromatic rings. The number of aliphatic carboxylic acids is 1. The molecule has 0 aromatic heterocycles. The van der Waals surface area contributed by atoms with E-state index >= 15 is 0 Å². The van der Waals surface area contributed by atoms with Gasteiger partial charge >= 0.3 is 5.97 Å². The smallest absolute Gasteiger partial charge is 0.313 e. The molecule has 2 rings (SSSR count). The first-order valence-corrected chi connectivity index (χ1v) is 8.08. The monoisotopic (exact) mass is 341 g/mol. The van der Waals surface area contributed by atoms with Crippen molar-refractivity contribution in [2.45, 2.75) is 39.2 Å². The van der Waals surface area contributed by atoms with Crippen molar-refractivity contribution in [2.24, 2.45) is 0 Å². The largest absolute Gasteiger partial charge is 0.481 e. The predicted octanol–water partition coefficient (Wildman–Crippen LogP) is 3.76. The van der Waals surface area contributed by atoms with Gasteiger partial charge < -0.3 is 15.2 Å². The van der Waals surface area contributed by atoms with E-state index in [9.17, 15) is 14.7 Å². The van der Waals surface area contributed by atoms with E-state index in [1.807, 2.05) is 25.1 Å². The summed E-state index contributed by atoms with van der Waals surface area (Å²) >= 11 is 0. The lowest BCUT2D eigenvalue weighted by Crippen LogP contribution is -2.30. The highest BCUT2D eigenvalue weighted by molar-refractivity contribution is 5.94. The minimum Gasteiger partial charge on any atom is -0.481 e. The number of benzene rings is 2. The van der Waals surface area contributed by atoms with Crippen LogP contribution in [0.15, 0.2) is 48.5 Å². The normalized spacial score (nSPS) is 12.3. The van der Waals surface area contributed by atoms with Crippen LogP contribution in [-0.4, -0.2) is 23.1 Å². The zero-order chi connectivity index (χ0) is 18.6. The summed E-state index contributed by atoms with van der Waals surface area (Å²) in [5.41, 5.74) is 1.34. The van der Waals surface area contributed by atoms with E-state index in [4.69, 9.17) is 4.74 Å². The lowest BCUT2D eigenvalue weighted by molar-refractivity contribution is -0.142. The number of aryl methyl sites for hydroxylation is 1. The van der Waals surface area contributed by atoms with Crippen molar-refractivity contribution in [3.63, 3.8) is 0 Å². The summed E-state index contributed by atoms with van der Waals surface area (Å²) in [6.45, 7) is 6.92. The average Bonchev–Trinajstić information content (AvgIpc) is 2.55. The molecule has 0 aliphatic carbocycles. The minimum atomic E-state index is -0.982. The van der Waals surface area contributed by atoms with Crippen molar-refractivity contribution in [2.75, 3.05) is 5.32 Å². The van der Waals surface area contributed by atoms with Gasteiger partial charge in [0.1, 0.15) is 5.75 Å². The summed E-state index contributed by atoms with van der Waals surface area (Å²) in [5.74, 6) is -0.530. The third-order valence-electron chi connectivity index (χ3n) is 4.08. The van der Waals surface area contributed by atoms with Gasteiger partial charge in [-0.15, -0.1) is 0 Å². The Bertz CT molecular complexity index is 766. The highest BCUT2D eigenvalue weighted by Crippen LogP contribution is 2.25. The molecule has 0 saturated heterocycles. The number of carbonyl (C=O) groups excluding carboxylic acids is 1. The van der Waals surface area contributed by atoms with Gasteiger partial charge in [-0.1, -0.05) is 24.3 Å². The summed E-state index contributed by atoms with van der Waals surface area (Å²) in [4.78, 5) is 23.5. The SMILES string of the molecule is Cc1cccc(OC(C)C(=O)Nc2ccc(C(C)(C)C(=O)O)cc2)c1. The lowest BCUT2D eigenvalue weighted by Gasteiger charge is -2.20. The fraction of sp³-hybridized carbons (Fsp3) is 0.300. The second-order valence-electron chi connectivity index (χ2n) is 6.57. The third-order valence-corrected chi connectivity index (χ3v) is 4.08. The van der Waals surface area contributed by atoms with E-state index in [2.05, 4.69) is 5.32 Å². The Morgan fingerprint density at radius 1 is 1.12 bits per heavy atom. The molecule has 2 N–H and O–H groups in total. The van der Waals surface area contributed by atoms with Gasteiger partial charge in [0, 0.05) is 5.69 Å².